The Balaban J connectivity index is 0.00000120. The molecular formula is C25H34Cl2N2. The molecule has 2 aromatic carbocycles. The molecule has 2 saturated heterocycles. The Hall–Kier alpha value is -1.06. The average Bonchev–Trinajstić information content (AvgIpc) is 3.11. The standard InChI is InChI=1S/C25H32N2.2ClH/c1-26-17-23-21-13-8-14-27(16-19-9-4-2-5-10-19)25(21)15-22(24(23)18-26)20-11-6-3-7-12-20;;/h2-7,9-12,21-25H,8,13-18H2,1H3;2*1H. The Labute approximate surface area is 188 Å². The molecular weight excluding hydrogens is 399 g/mol. The Kier molecular flexibility index (Phi) is 7.67. The SMILES string of the molecule is CN1CC2C(c3ccccc3)CC3C(CCCN3Cc3ccccc3)C2C1.Cl.Cl. The van der Waals surface area contributed by atoms with E-state index >= 15 is 0 Å². The van der Waals surface area contributed by atoms with Crippen molar-refractivity contribution in [3.63, 3.8) is 0 Å². The maximum atomic E-state index is 2.83. The summed E-state index contributed by atoms with van der Waals surface area (Å²) in [5, 5.41) is 0. The van der Waals surface area contributed by atoms with Crippen LogP contribution in [-0.4, -0.2) is 42.5 Å². The highest BCUT2D eigenvalue weighted by Crippen LogP contribution is 2.51. The molecule has 0 aromatic heterocycles. The zero-order chi connectivity index (χ0) is 18.2. The van der Waals surface area contributed by atoms with Crippen molar-refractivity contribution in [1.82, 2.24) is 9.80 Å². The fraction of sp³-hybridized carbons (Fsp3) is 0.520. The van der Waals surface area contributed by atoms with Gasteiger partial charge in [0.25, 0.3) is 0 Å². The minimum atomic E-state index is 0. The van der Waals surface area contributed by atoms with E-state index in [4.69, 9.17) is 0 Å². The molecule has 5 rings (SSSR count). The molecule has 2 aliphatic heterocycles. The third-order valence-electron chi connectivity index (χ3n) is 7.56. The summed E-state index contributed by atoms with van der Waals surface area (Å²) in [5.41, 5.74) is 3.05. The summed E-state index contributed by atoms with van der Waals surface area (Å²) in [6, 6.07) is 23.2. The maximum absolute atomic E-state index is 2.83. The number of halogens is 2. The first-order chi connectivity index (χ1) is 13.3. The van der Waals surface area contributed by atoms with Crippen LogP contribution >= 0.6 is 24.8 Å². The van der Waals surface area contributed by atoms with E-state index in [-0.39, 0.29) is 24.8 Å². The lowest BCUT2D eigenvalue weighted by atomic mass is 9.61. The summed E-state index contributed by atoms with van der Waals surface area (Å²) < 4.78 is 0. The van der Waals surface area contributed by atoms with E-state index in [1.54, 1.807) is 5.56 Å². The first-order valence-corrected chi connectivity index (χ1v) is 10.8. The molecule has 158 valence electrons. The Morgan fingerprint density at radius 3 is 2.21 bits per heavy atom. The van der Waals surface area contributed by atoms with Crippen LogP contribution in [0.25, 0.3) is 0 Å². The topological polar surface area (TPSA) is 6.48 Å². The second kappa shape index (κ2) is 9.83. The third-order valence-corrected chi connectivity index (χ3v) is 7.56. The van der Waals surface area contributed by atoms with E-state index in [2.05, 4.69) is 77.5 Å². The predicted molar refractivity (Wildman–Crippen MR) is 126 cm³/mol. The van der Waals surface area contributed by atoms with Crippen LogP contribution in [0.15, 0.2) is 60.7 Å². The van der Waals surface area contributed by atoms with Gasteiger partial charge in [-0.1, -0.05) is 60.7 Å². The number of hydrogen-bond donors (Lipinski definition) is 0. The van der Waals surface area contributed by atoms with Crippen LogP contribution in [0.1, 0.15) is 36.3 Å². The molecule has 5 atom stereocenters. The van der Waals surface area contributed by atoms with Gasteiger partial charge in [-0.05, 0) is 67.7 Å². The lowest BCUT2D eigenvalue weighted by Crippen LogP contribution is -2.53. The first kappa shape index (κ1) is 22.6. The first-order valence-electron chi connectivity index (χ1n) is 10.8. The minimum Gasteiger partial charge on any atom is -0.306 e. The lowest BCUT2D eigenvalue weighted by Gasteiger charge is -2.51. The van der Waals surface area contributed by atoms with Crippen molar-refractivity contribution in [3.8, 4) is 0 Å². The highest BCUT2D eigenvalue weighted by atomic mass is 35.5. The van der Waals surface area contributed by atoms with E-state index in [0.717, 1.165) is 36.3 Å². The van der Waals surface area contributed by atoms with Crippen molar-refractivity contribution in [2.45, 2.75) is 37.8 Å². The van der Waals surface area contributed by atoms with Gasteiger partial charge in [-0.2, -0.15) is 0 Å². The summed E-state index contributed by atoms with van der Waals surface area (Å²) in [5.74, 6) is 3.32. The monoisotopic (exact) mass is 432 g/mol. The fourth-order valence-corrected chi connectivity index (χ4v) is 6.46. The molecule has 0 amide bonds. The van der Waals surface area contributed by atoms with Crippen molar-refractivity contribution >= 4 is 24.8 Å². The van der Waals surface area contributed by atoms with E-state index < -0.39 is 0 Å². The van der Waals surface area contributed by atoms with Crippen LogP contribution in [-0.2, 0) is 6.54 Å². The van der Waals surface area contributed by atoms with Gasteiger partial charge in [0.05, 0.1) is 0 Å². The molecule has 3 fully saturated rings. The van der Waals surface area contributed by atoms with Crippen LogP contribution in [0.4, 0.5) is 0 Å². The molecule has 3 aliphatic rings. The lowest BCUT2D eigenvalue weighted by molar-refractivity contribution is -0.00129. The summed E-state index contributed by atoms with van der Waals surface area (Å²) >= 11 is 0. The van der Waals surface area contributed by atoms with Crippen molar-refractivity contribution in [2.75, 3.05) is 26.7 Å². The van der Waals surface area contributed by atoms with Gasteiger partial charge < -0.3 is 4.90 Å². The Morgan fingerprint density at radius 2 is 1.48 bits per heavy atom. The molecule has 2 aromatic rings. The van der Waals surface area contributed by atoms with E-state index in [1.807, 2.05) is 0 Å². The summed E-state index contributed by atoms with van der Waals surface area (Å²) in [7, 11) is 2.33. The van der Waals surface area contributed by atoms with Crippen molar-refractivity contribution < 1.29 is 0 Å². The van der Waals surface area contributed by atoms with Crippen molar-refractivity contribution in [1.29, 1.82) is 0 Å². The van der Waals surface area contributed by atoms with E-state index in [9.17, 15) is 0 Å². The molecule has 1 aliphatic carbocycles. The van der Waals surface area contributed by atoms with Gasteiger partial charge in [-0.15, -0.1) is 24.8 Å². The molecule has 0 bridgehead atoms. The molecule has 29 heavy (non-hydrogen) atoms. The molecule has 0 spiro atoms. The molecule has 0 radical (unpaired) electrons. The normalized spacial score (nSPS) is 31.8. The van der Waals surface area contributed by atoms with Crippen LogP contribution < -0.4 is 0 Å². The van der Waals surface area contributed by atoms with Crippen molar-refractivity contribution in [3.05, 3.63) is 71.8 Å². The Bertz CT molecular complexity index is 754. The summed E-state index contributed by atoms with van der Waals surface area (Å²) in [6.45, 7) is 4.97. The van der Waals surface area contributed by atoms with Crippen LogP contribution in [0, 0.1) is 17.8 Å². The predicted octanol–water partition coefficient (Wildman–Crippen LogP) is 5.48. The van der Waals surface area contributed by atoms with Crippen molar-refractivity contribution in [2.24, 2.45) is 17.8 Å². The second-order valence-corrected chi connectivity index (χ2v) is 9.13. The number of rotatable bonds is 3. The molecule has 5 unspecified atom stereocenters. The van der Waals surface area contributed by atoms with Gasteiger partial charge in [0.15, 0.2) is 0 Å². The third kappa shape index (κ3) is 4.51. The van der Waals surface area contributed by atoms with Crippen LogP contribution in [0.5, 0.6) is 0 Å². The minimum absolute atomic E-state index is 0. The molecule has 1 saturated carbocycles. The van der Waals surface area contributed by atoms with Gasteiger partial charge in [-0.3, -0.25) is 4.90 Å². The zero-order valence-corrected chi connectivity index (χ0v) is 19.0. The largest absolute Gasteiger partial charge is 0.306 e. The van der Waals surface area contributed by atoms with Crippen LogP contribution in [0.2, 0.25) is 0 Å². The number of likely N-dealkylation sites (tertiary alicyclic amines) is 2. The van der Waals surface area contributed by atoms with Gasteiger partial charge in [-0.25, -0.2) is 0 Å². The molecule has 2 nitrogen and oxygen atoms in total. The molecule has 2 heterocycles. The zero-order valence-electron chi connectivity index (χ0n) is 17.3. The van der Waals surface area contributed by atoms with Gasteiger partial charge in [0, 0.05) is 25.7 Å². The highest BCUT2D eigenvalue weighted by molar-refractivity contribution is 5.85. The fourth-order valence-electron chi connectivity index (χ4n) is 6.46. The van der Waals surface area contributed by atoms with Gasteiger partial charge >= 0.3 is 0 Å². The number of piperidine rings is 1. The second-order valence-electron chi connectivity index (χ2n) is 9.13. The summed E-state index contributed by atoms with van der Waals surface area (Å²) in [4.78, 5) is 5.43. The number of nitrogens with zero attached hydrogens (tertiary/aromatic N) is 2. The van der Waals surface area contributed by atoms with Gasteiger partial charge in [0.1, 0.15) is 0 Å². The number of fused-ring (bicyclic) bond motifs is 3. The highest BCUT2D eigenvalue weighted by Gasteiger charge is 2.50. The number of benzene rings is 2. The molecule has 4 heteroatoms. The quantitative estimate of drug-likeness (QED) is 0.633. The number of hydrogen-bond acceptors (Lipinski definition) is 2. The maximum Gasteiger partial charge on any atom is 0.0236 e. The summed E-state index contributed by atoms with van der Waals surface area (Å²) in [6.07, 6.45) is 4.15. The van der Waals surface area contributed by atoms with E-state index in [1.165, 1.54) is 44.5 Å². The van der Waals surface area contributed by atoms with E-state index in [0.29, 0.717) is 0 Å². The van der Waals surface area contributed by atoms with Gasteiger partial charge in [0.2, 0.25) is 0 Å². The average molecular weight is 433 g/mol. The smallest absolute Gasteiger partial charge is 0.0236 e. The van der Waals surface area contributed by atoms with Crippen LogP contribution in [0.3, 0.4) is 0 Å². The Morgan fingerprint density at radius 1 is 0.828 bits per heavy atom. The molecule has 0 N–H and O–H groups in total.